The summed E-state index contributed by atoms with van der Waals surface area (Å²) in [5.41, 5.74) is 6.77. The van der Waals surface area contributed by atoms with Gasteiger partial charge in [0.25, 0.3) is 5.91 Å². The van der Waals surface area contributed by atoms with Gasteiger partial charge < -0.3 is 15.8 Å². The summed E-state index contributed by atoms with van der Waals surface area (Å²) < 4.78 is 32.9. The standard InChI is InChI=1S/C22H20ClN3O5S/c23-19-12-18(32(29,30)25-13-15-4-2-1-3-5-15)10-11-20(19)31-14-21(27)26-17-8-6-16(7-9-17)22(24)28/h1-12,25H,13-14H2,(H2,24,28)(H,26,27). The molecule has 0 aliphatic carbocycles. The molecule has 0 saturated carbocycles. The summed E-state index contributed by atoms with van der Waals surface area (Å²) >= 11 is 6.15. The first-order chi connectivity index (χ1) is 15.2. The smallest absolute Gasteiger partial charge is 0.262 e. The Morgan fingerprint density at radius 3 is 2.28 bits per heavy atom. The fourth-order valence-electron chi connectivity index (χ4n) is 2.68. The van der Waals surface area contributed by atoms with Gasteiger partial charge >= 0.3 is 0 Å². The van der Waals surface area contributed by atoms with E-state index >= 15 is 0 Å². The molecule has 3 aromatic rings. The van der Waals surface area contributed by atoms with Crippen molar-refractivity contribution in [3.05, 3.63) is 88.9 Å². The topological polar surface area (TPSA) is 128 Å². The van der Waals surface area contributed by atoms with Crippen LogP contribution in [0.15, 0.2) is 77.7 Å². The minimum absolute atomic E-state index is 0.0234. The molecule has 0 aliphatic heterocycles. The lowest BCUT2D eigenvalue weighted by Gasteiger charge is -2.11. The van der Waals surface area contributed by atoms with Gasteiger partial charge in [0.1, 0.15) is 5.75 Å². The van der Waals surface area contributed by atoms with Gasteiger partial charge in [0.2, 0.25) is 15.9 Å². The van der Waals surface area contributed by atoms with Gasteiger partial charge in [-0.25, -0.2) is 13.1 Å². The summed E-state index contributed by atoms with van der Waals surface area (Å²) in [5, 5.41) is 2.65. The number of primary amides is 1. The maximum absolute atomic E-state index is 12.5. The predicted molar refractivity (Wildman–Crippen MR) is 121 cm³/mol. The second-order valence-electron chi connectivity index (χ2n) is 6.68. The SMILES string of the molecule is NC(=O)c1ccc(NC(=O)COc2ccc(S(=O)(=O)NCc3ccccc3)cc2Cl)cc1. The van der Waals surface area contributed by atoms with Crippen molar-refractivity contribution >= 4 is 39.1 Å². The largest absolute Gasteiger partial charge is 0.482 e. The number of carbonyl (C=O) groups excluding carboxylic acids is 2. The minimum atomic E-state index is -3.78. The Labute approximate surface area is 190 Å². The Morgan fingerprint density at radius 1 is 0.969 bits per heavy atom. The zero-order valence-corrected chi connectivity index (χ0v) is 18.3. The van der Waals surface area contributed by atoms with Crippen LogP contribution in [0.2, 0.25) is 5.02 Å². The third kappa shape index (κ3) is 6.30. The first-order valence-corrected chi connectivity index (χ1v) is 11.3. The van der Waals surface area contributed by atoms with Crippen LogP contribution in [0.3, 0.4) is 0 Å². The third-order valence-electron chi connectivity index (χ3n) is 4.33. The van der Waals surface area contributed by atoms with Gasteiger partial charge in [0, 0.05) is 17.8 Å². The minimum Gasteiger partial charge on any atom is -0.482 e. The molecule has 2 amide bonds. The van der Waals surface area contributed by atoms with Gasteiger partial charge in [-0.2, -0.15) is 0 Å². The highest BCUT2D eigenvalue weighted by Gasteiger charge is 2.16. The van der Waals surface area contributed by atoms with Gasteiger partial charge in [0.15, 0.2) is 6.61 Å². The van der Waals surface area contributed by atoms with Gasteiger partial charge in [-0.3, -0.25) is 9.59 Å². The van der Waals surface area contributed by atoms with Crippen LogP contribution < -0.4 is 20.5 Å². The van der Waals surface area contributed by atoms with Crippen molar-refractivity contribution in [2.75, 3.05) is 11.9 Å². The molecule has 0 aliphatic rings. The normalized spacial score (nSPS) is 11.0. The molecule has 3 aromatic carbocycles. The van der Waals surface area contributed by atoms with Crippen molar-refractivity contribution < 1.29 is 22.7 Å². The Kier molecular flexibility index (Phi) is 7.47. The monoisotopic (exact) mass is 473 g/mol. The molecule has 166 valence electrons. The average Bonchev–Trinajstić information content (AvgIpc) is 2.78. The number of amides is 2. The Hall–Kier alpha value is -3.40. The van der Waals surface area contributed by atoms with E-state index < -0.39 is 21.8 Å². The molecule has 3 rings (SSSR count). The van der Waals surface area contributed by atoms with Crippen LogP contribution in [0.4, 0.5) is 5.69 Å². The number of halogens is 1. The molecule has 0 bridgehead atoms. The third-order valence-corrected chi connectivity index (χ3v) is 6.03. The zero-order valence-electron chi connectivity index (χ0n) is 16.7. The highest BCUT2D eigenvalue weighted by Crippen LogP contribution is 2.27. The summed E-state index contributed by atoms with van der Waals surface area (Å²) in [7, 11) is -3.78. The van der Waals surface area contributed by atoms with Crippen LogP contribution in [0, 0.1) is 0 Å². The van der Waals surface area contributed by atoms with E-state index in [1.54, 1.807) is 0 Å². The number of rotatable bonds is 9. The van der Waals surface area contributed by atoms with E-state index in [2.05, 4.69) is 10.0 Å². The second kappa shape index (κ2) is 10.3. The van der Waals surface area contributed by atoms with Crippen molar-refractivity contribution in [3.63, 3.8) is 0 Å². The molecule has 0 atom stereocenters. The first-order valence-electron chi connectivity index (χ1n) is 9.40. The molecule has 0 spiro atoms. The zero-order chi connectivity index (χ0) is 23.1. The molecule has 8 nitrogen and oxygen atoms in total. The number of benzene rings is 3. The average molecular weight is 474 g/mol. The maximum Gasteiger partial charge on any atom is 0.262 e. The van der Waals surface area contributed by atoms with E-state index in [0.717, 1.165) is 5.56 Å². The van der Waals surface area contributed by atoms with Crippen molar-refractivity contribution in [2.24, 2.45) is 5.73 Å². The number of anilines is 1. The van der Waals surface area contributed by atoms with Crippen LogP contribution >= 0.6 is 11.6 Å². The maximum atomic E-state index is 12.5. The Bertz CT molecular complexity index is 1220. The van der Waals surface area contributed by atoms with Crippen molar-refractivity contribution in [2.45, 2.75) is 11.4 Å². The van der Waals surface area contributed by atoms with Crippen LogP contribution in [0.1, 0.15) is 15.9 Å². The fourth-order valence-corrected chi connectivity index (χ4v) is 4.02. The van der Waals surface area contributed by atoms with Crippen LogP contribution in [0.25, 0.3) is 0 Å². The molecule has 4 N–H and O–H groups in total. The van der Waals surface area contributed by atoms with Crippen LogP contribution in [-0.4, -0.2) is 26.8 Å². The van der Waals surface area contributed by atoms with E-state index in [9.17, 15) is 18.0 Å². The summed E-state index contributed by atoms with van der Waals surface area (Å²) in [6.07, 6.45) is 0. The van der Waals surface area contributed by atoms with Gasteiger partial charge in [-0.15, -0.1) is 0 Å². The lowest BCUT2D eigenvalue weighted by atomic mass is 10.2. The number of hydrogen-bond donors (Lipinski definition) is 3. The highest BCUT2D eigenvalue weighted by atomic mass is 35.5. The molecule has 0 heterocycles. The van der Waals surface area contributed by atoms with E-state index in [1.807, 2.05) is 30.3 Å². The van der Waals surface area contributed by atoms with E-state index in [1.165, 1.54) is 42.5 Å². The fraction of sp³-hybridized carbons (Fsp3) is 0.0909. The van der Waals surface area contributed by atoms with Gasteiger partial charge in [-0.05, 0) is 48.0 Å². The van der Waals surface area contributed by atoms with Crippen molar-refractivity contribution in [3.8, 4) is 5.75 Å². The van der Waals surface area contributed by atoms with Crippen molar-refractivity contribution in [1.82, 2.24) is 4.72 Å². The van der Waals surface area contributed by atoms with E-state index in [-0.39, 0.29) is 28.8 Å². The van der Waals surface area contributed by atoms with Gasteiger partial charge in [-0.1, -0.05) is 41.9 Å². The number of carbonyl (C=O) groups is 2. The van der Waals surface area contributed by atoms with E-state index in [4.69, 9.17) is 22.1 Å². The molecule has 10 heteroatoms. The Balaban J connectivity index is 1.57. The number of nitrogens with one attached hydrogen (secondary N) is 2. The molecular weight excluding hydrogens is 454 g/mol. The molecule has 0 unspecified atom stereocenters. The Morgan fingerprint density at radius 2 is 1.66 bits per heavy atom. The molecule has 32 heavy (non-hydrogen) atoms. The number of ether oxygens (including phenoxy) is 1. The summed E-state index contributed by atoms with van der Waals surface area (Å²) in [6.45, 7) is -0.213. The summed E-state index contributed by atoms with van der Waals surface area (Å²) in [6, 6.07) is 19.1. The van der Waals surface area contributed by atoms with Crippen molar-refractivity contribution in [1.29, 1.82) is 0 Å². The predicted octanol–water partition coefficient (Wildman–Crippen LogP) is 2.93. The van der Waals surface area contributed by atoms with Crippen LogP contribution in [-0.2, 0) is 21.4 Å². The molecule has 0 fully saturated rings. The highest BCUT2D eigenvalue weighted by molar-refractivity contribution is 7.89. The quantitative estimate of drug-likeness (QED) is 0.440. The number of hydrogen-bond acceptors (Lipinski definition) is 5. The van der Waals surface area contributed by atoms with Gasteiger partial charge in [0.05, 0.1) is 9.92 Å². The first kappa shape index (κ1) is 23.3. The lowest BCUT2D eigenvalue weighted by molar-refractivity contribution is -0.118. The number of nitrogens with two attached hydrogens (primary N) is 1. The van der Waals surface area contributed by atoms with Crippen LogP contribution in [0.5, 0.6) is 5.75 Å². The molecule has 0 aromatic heterocycles. The van der Waals surface area contributed by atoms with E-state index in [0.29, 0.717) is 11.3 Å². The molecular formula is C22H20ClN3O5S. The second-order valence-corrected chi connectivity index (χ2v) is 8.85. The molecule has 0 saturated heterocycles. The number of sulfonamides is 1. The molecule has 0 radical (unpaired) electrons. The summed E-state index contributed by atoms with van der Waals surface area (Å²) in [5.74, 6) is -0.872. The lowest BCUT2D eigenvalue weighted by Crippen LogP contribution is -2.23. The summed E-state index contributed by atoms with van der Waals surface area (Å²) in [4.78, 5) is 23.1.